The van der Waals surface area contributed by atoms with E-state index in [1.54, 1.807) is 0 Å². The van der Waals surface area contributed by atoms with E-state index >= 15 is 0 Å². The number of nitrogens with one attached hydrogen (secondary N) is 1. The van der Waals surface area contributed by atoms with Gasteiger partial charge < -0.3 is 15.0 Å². The summed E-state index contributed by atoms with van der Waals surface area (Å²) in [7, 11) is 0. The molecule has 6 heteroatoms. The van der Waals surface area contributed by atoms with Crippen molar-refractivity contribution in [2.24, 2.45) is 5.92 Å². The Morgan fingerprint density at radius 2 is 2.04 bits per heavy atom. The van der Waals surface area contributed by atoms with E-state index in [4.69, 9.17) is 4.74 Å². The molecule has 2 aromatic rings. The van der Waals surface area contributed by atoms with E-state index in [1.807, 2.05) is 19.1 Å². The number of hydrogen-bond donors (Lipinski definition) is 1. The normalized spacial score (nSPS) is 16.8. The maximum absolute atomic E-state index is 12.5. The fraction of sp³-hybridized carbons (Fsp3) is 0.500. The number of aryl methyl sites for hydroxylation is 1. The maximum atomic E-state index is 12.5. The third kappa shape index (κ3) is 5.52. The monoisotopic (exact) mass is 382 g/mol. The molecule has 0 aliphatic carbocycles. The van der Waals surface area contributed by atoms with Gasteiger partial charge in [0, 0.05) is 38.4 Å². The van der Waals surface area contributed by atoms with Gasteiger partial charge in [-0.15, -0.1) is 10.2 Å². The Kier molecular flexibility index (Phi) is 7.37. The van der Waals surface area contributed by atoms with Crippen LogP contribution in [-0.4, -0.2) is 49.0 Å². The van der Waals surface area contributed by atoms with Crippen molar-refractivity contribution in [3.05, 3.63) is 42.0 Å². The molecule has 1 amide bonds. The predicted octanol–water partition coefficient (Wildman–Crippen LogP) is 3.21. The summed E-state index contributed by atoms with van der Waals surface area (Å²) in [6, 6.07) is 12.3. The standard InChI is InChI=1S/C22H30N4O2/c1-3-28-15-5-13-23-22(27)19-6-4-14-26(16-19)21-12-11-20(24-25-21)18-9-7-17(2)8-10-18/h7-12,19H,3-6,13-16H2,1-2H3,(H,23,27). The first-order valence-electron chi connectivity index (χ1n) is 10.2. The van der Waals surface area contributed by atoms with Crippen LogP contribution in [0.1, 0.15) is 31.7 Å². The lowest BCUT2D eigenvalue weighted by molar-refractivity contribution is -0.125. The van der Waals surface area contributed by atoms with Crippen LogP contribution in [0.25, 0.3) is 11.3 Å². The summed E-state index contributed by atoms with van der Waals surface area (Å²) in [4.78, 5) is 14.6. The molecule has 1 unspecified atom stereocenters. The van der Waals surface area contributed by atoms with Crippen LogP contribution in [0.4, 0.5) is 5.82 Å². The van der Waals surface area contributed by atoms with Crippen molar-refractivity contribution in [2.75, 3.05) is 37.7 Å². The fourth-order valence-electron chi connectivity index (χ4n) is 3.45. The molecule has 1 N–H and O–H groups in total. The smallest absolute Gasteiger partial charge is 0.224 e. The molecule has 0 spiro atoms. The average molecular weight is 383 g/mol. The number of benzene rings is 1. The van der Waals surface area contributed by atoms with Crippen molar-refractivity contribution >= 4 is 11.7 Å². The molecule has 0 saturated carbocycles. The molecule has 0 bridgehead atoms. The number of piperidine rings is 1. The van der Waals surface area contributed by atoms with Crippen LogP contribution in [0.5, 0.6) is 0 Å². The summed E-state index contributed by atoms with van der Waals surface area (Å²) in [5.74, 6) is 0.967. The SMILES string of the molecule is CCOCCCNC(=O)C1CCCN(c2ccc(-c3ccc(C)cc3)nn2)C1. The molecule has 3 rings (SSSR count). The van der Waals surface area contributed by atoms with E-state index in [1.165, 1.54) is 5.56 Å². The van der Waals surface area contributed by atoms with Gasteiger partial charge in [0.1, 0.15) is 0 Å². The lowest BCUT2D eigenvalue weighted by atomic mass is 9.97. The molecule has 1 aliphatic rings. The largest absolute Gasteiger partial charge is 0.382 e. The Labute approximate surface area is 167 Å². The number of rotatable bonds is 8. The first-order chi connectivity index (χ1) is 13.7. The minimum Gasteiger partial charge on any atom is -0.382 e. The highest BCUT2D eigenvalue weighted by Crippen LogP contribution is 2.23. The van der Waals surface area contributed by atoms with Crippen molar-refractivity contribution < 1.29 is 9.53 Å². The van der Waals surface area contributed by atoms with Crippen LogP contribution >= 0.6 is 0 Å². The van der Waals surface area contributed by atoms with E-state index in [2.05, 4.69) is 51.6 Å². The molecular weight excluding hydrogens is 352 g/mol. The number of carbonyl (C=O) groups is 1. The zero-order chi connectivity index (χ0) is 19.8. The van der Waals surface area contributed by atoms with Crippen LogP contribution in [0.2, 0.25) is 0 Å². The molecular formula is C22H30N4O2. The topological polar surface area (TPSA) is 67.3 Å². The molecule has 2 heterocycles. The van der Waals surface area contributed by atoms with E-state index in [0.29, 0.717) is 19.7 Å². The molecule has 0 radical (unpaired) electrons. The molecule has 1 aromatic carbocycles. The summed E-state index contributed by atoms with van der Waals surface area (Å²) in [6.07, 6.45) is 2.75. The number of anilines is 1. The van der Waals surface area contributed by atoms with Gasteiger partial charge in [0.05, 0.1) is 11.6 Å². The van der Waals surface area contributed by atoms with Crippen LogP contribution in [0.15, 0.2) is 36.4 Å². The summed E-state index contributed by atoms with van der Waals surface area (Å²) in [6.45, 7) is 7.72. The summed E-state index contributed by atoms with van der Waals surface area (Å²) < 4.78 is 5.31. The first-order valence-corrected chi connectivity index (χ1v) is 10.2. The van der Waals surface area contributed by atoms with Gasteiger partial charge in [0.15, 0.2) is 5.82 Å². The van der Waals surface area contributed by atoms with Gasteiger partial charge >= 0.3 is 0 Å². The van der Waals surface area contributed by atoms with Crippen LogP contribution < -0.4 is 10.2 Å². The number of carbonyl (C=O) groups excluding carboxylic acids is 1. The Morgan fingerprint density at radius 3 is 2.75 bits per heavy atom. The summed E-state index contributed by atoms with van der Waals surface area (Å²) in [5.41, 5.74) is 3.15. The quantitative estimate of drug-likeness (QED) is 0.710. The summed E-state index contributed by atoms with van der Waals surface area (Å²) in [5, 5.41) is 11.9. The molecule has 1 aromatic heterocycles. The van der Waals surface area contributed by atoms with Gasteiger partial charge in [-0.25, -0.2) is 0 Å². The van der Waals surface area contributed by atoms with Gasteiger partial charge in [0.2, 0.25) is 5.91 Å². The van der Waals surface area contributed by atoms with E-state index in [0.717, 1.165) is 49.5 Å². The predicted molar refractivity (Wildman–Crippen MR) is 111 cm³/mol. The third-order valence-electron chi connectivity index (χ3n) is 5.08. The Hall–Kier alpha value is -2.47. The molecule has 1 atom stereocenters. The second kappa shape index (κ2) is 10.2. The second-order valence-corrected chi connectivity index (χ2v) is 7.27. The number of nitrogens with zero attached hydrogens (tertiary/aromatic N) is 3. The Morgan fingerprint density at radius 1 is 1.21 bits per heavy atom. The highest BCUT2D eigenvalue weighted by Gasteiger charge is 2.26. The number of hydrogen-bond acceptors (Lipinski definition) is 5. The van der Waals surface area contributed by atoms with Gasteiger partial charge in [-0.05, 0) is 45.2 Å². The first kappa shape index (κ1) is 20.3. The van der Waals surface area contributed by atoms with Crippen LogP contribution in [0.3, 0.4) is 0 Å². The van der Waals surface area contributed by atoms with Gasteiger partial charge in [-0.3, -0.25) is 4.79 Å². The van der Waals surface area contributed by atoms with Crippen molar-refractivity contribution in [3.8, 4) is 11.3 Å². The van der Waals surface area contributed by atoms with E-state index < -0.39 is 0 Å². The maximum Gasteiger partial charge on any atom is 0.224 e. The Balaban J connectivity index is 1.55. The Bertz CT molecular complexity index is 746. The minimum absolute atomic E-state index is 0.000538. The lowest BCUT2D eigenvalue weighted by Crippen LogP contribution is -2.43. The molecule has 28 heavy (non-hydrogen) atoms. The van der Waals surface area contributed by atoms with Gasteiger partial charge in [-0.1, -0.05) is 29.8 Å². The molecule has 1 fully saturated rings. The highest BCUT2D eigenvalue weighted by atomic mass is 16.5. The molecule has 1 saturated heterocycles. The van der Waals surface area contributed by atoms with Crippen LogP contribution in [-0.2, 0) is 9.53 Å². The lowest BCUT2D eigenvalue weighted by Gasteiger charge is -2.32. The van der Waals surface area contributed by atoms with Crippen molar-refractivity contribution in [3.63, 3.8) is 0 Å². The number of ether oxygens (including phenoxy) is 1. The fourth-order valence-corrected chi connectivity index (χ4v) is 3.45. The zero-order valence-corrected chi connectivity index (χ0v) is 16.9. The van der Waals surface area contributed by atoms with Gasteiger partial charge in [-0.2, -0.15) is 0 Å². The van der Waals surface area contributed by atoms with Crippen molar-refractivity contribution in [2.45, 2.75) is 33.1 Å². The van der Waals surface area contributed by atoms with Crippen molar-refractivity contribution in [1.29, 1.82) is 0 Å². The molecule has 1 aliphatic heterocycles. The zero-order valence-electron chi connectivity index (χ0n) is 16.9. The van der Waals surface area contributed by atoms with Crippen LogP contribution in [0, 0.1) is 12.8 Å². The molecule has 6 nitrogen and oxygen atoms in total. The van der Waals surface area contributed by atoms with Gasteiger partial charge in [0.25, 0.3) is 0 Å². The molecule has 150 valence electrons. The van der Waals surface area contributed by atoms with E-state index in [9.17, 15) is 4.79 Å². The average Bonchev–Trinajstić information content (AvgIpc) is 2.74. The van der Waals surface area contributed by atoms with E-state index in [-0.39, 0.29) is 11.8 Å². The third-order valence-corrected chi connectivity index (χ3v) is 5.08. The minimum atomic E-state index is -0.000538. The summed E-state index contributed by atoms with van der Waals surface area (Å²) >= 11 is 0. The second-order valence-electron chi connectivity index (χ2n) is 7.27. The highest BCUT2D eigenvalue weighted by molar-refractivity contribution is 5.79. The number of aromatic nitrogens is 2. The van der Waals surface area contributed by atoms with Crippen molar-refractivity contribution in [1.82, 2.24) is 15.5 Å². The number of amides is 1.